The minimum absolute atomic E-state index is 0.232. The van der Waals surface area contributed by atoms with E-state index in [1.165, 1.54) is 11.6 Å². The average Bonchev–Trinajstić information content (AvgIpc) is 2.94. The van der Waals surface area contributed by atoms with Crippen LogP contribution in [0.4, 0.5) is 5.69 Å². The molecule has 0 aliphatic rings. The summed E-state index contributed by atoms with van der Waals surface area (Å²) < 4.78 is 1.84. The monoisotopic (exact) mass is 354 g/mol. The van der Waals surface area contributed by atoms with Gasteiger partial charge in [-0.2, -0.15) is 0 Å². The lowest BCUT2D eigenvalue weighted by Gasteiger charge is -2.23. The zero-order valence-corrected chi connectivity index (χ0v) is 14.9. The molecular weight excluding hydrogens is 336 g/mol. The fourth-order valence-electron chi connectivity index (χ4n) is 2.51. The highest BCUT2D eigenvalue weighted by Crippen LogP contribution is 2.19. The highest BCUT2D eigenvalue weighted by atomic mass is 35.5. The number of rotatable bonds is 5. The van der Waals surface area contributed by atoms with Crippen molar-refractivity contribution in [2.24, 2.45) is 0 Å². The molecule has 0 radical (unpaired) electrons. The molecule has 5 nitrogen and oxygen atoms in total. The van der Waals surface area contributed by atoms with Gasteiger partial charge in [-0.25, -0.2) is 4.98 Å². The number of aromatic nitrogens is 2. The fraction of sp³-hybridized carbons (Fsp3) is 0.158. The number of hydrazine groups is 1. The highest BCUT2D eigenvalue weighted by Gasteiger charge is 2.09. The molecule has 128 valence electrons. The minimum Gasteiger partial charge on any atom is -0.299 e. The van der Waals surface area contributed by atoms with E-state index >= 15 is 0 Å². The number of amides is 1. The number of carbonyl (C=O) groups excluding carboxylic acids is 1. The van der Waals surface area contributed by atoms with Gasteiger partial charge in [-0.15, -0.1) is 0 Å². The van der Waals surface area contributed by atoms with Crippen LogP contribution in [0.15, 0.2) is 54.7 Å². The van der Waals surface area contributed by atoms with E-state index in [2.05, 4.69) is 10.4 Å². The molecule has 2 heterocycles. The van der Waals surface area contributed by atoms with E-state index in [1.807, 2.05) is 66.9 Å². The Kier molecular flexibility index (Phi) is 5.05. The van der Waals surface area contributed by atoms with Gasteiger partial charge in [-0.3, -0.25) is 19.6 Å². The Bertz CT molecular complexity index is 915. The van der Waals surface area contributed by atoms with Crippen LogP contribution in [0.5, 0.6) is 0 Å². The van der Waals surface area contributed by atoms with E-state index in [4.69, 9.17) is 11.6 Å². The van der Waals surface area contributed by atoms with Crippen molar-refractivity contribution in [2.45, 2.75) is 13.8 Å². The number of pyridine rings is 1. The van der Waals surface area contributed by atoms with Gasteiger partial charge in [-0.05, 0) is 44.2 Å². The Hall–Kier alpha value is -2.79. The highest BCUT2D eigenvalue weighted by molar-refractivity contribution is 6.31. The predicted molar refractivity (Wildman–Crippen MR) is 102 cm³/mol. The number of carbonyl (C=O) groups is 1. The first kappa shape index (κ1) is 17.0. The van der Waals surface area contributed by atoms with Crippen molar-refractivity contribution in [3.05, 3.63) is 71.1 Å². The summed E-state index contributed by atoms with van der Waals surface area (Å²) in [6.45, 7) is 4.66. The molecule has 0 aliphatic heterocycles. The van der Waals surface area contributed by atoms with Crippen molar-refractivity contribution >= 4 is 34.9 Å². The minimum atomic E-state index is -0.232. The topological polar surface area (TPSA) is 49.6 Å². The summed E-state index contributed by atoms with van der Waals surface area (Å²) >= 11 is 6.17. The average molecular weight is 355 g/mol. The Morgan fingerprint density at radius 1 is 1.28 bits per heavy atom. The number of nitrogens with zero attached hydrogens (tertiary/aromatic N) is 3. The molecule has 0 fully saturated rings. The summed E-state index contributed by atoms with van der Waals surface area (Å²) in [6.07, 6.45) is 4.98. The normalized spacial score (nSPS) is 11.2. The largest absolute Gasteiger partial charge is 0.299 e. The lowest BCUT2D eigenvalue weighted by Crippen LogP contribution is -2.41. The van der Waals surface area contributed by atoms with E-state index in [-0.39, 0.29) is 5.91 Å². The van der Waals surface area contributed by atoms with Gasteiger partial charge in [0.1, 0.15) is 5.65 Å². The lowest BCUT2D eigenvalue weighted by molar-refractivity contribution is -0.116. The molecule has 3 rings (SSSR count). The van der Waals surface area contributed by atoms with Gasteiger partial charge in [0.2, 0.25) is 0 Å². The van der Waals surface area contributed by atoms with Gasteiger partial charge in [0.05, 0.1) is 11.4 Å². The van der Waals surface area contributed by atoms with Crippen molar-refractivity contribution in [1.29, 1.82) is 0 Å². The number of hydrogen-bond donors (Lipinski definition) is 1. The Morgan fingerprint density at radius 3 is 2.76 bits per heavy atom. The van der Waals surface area contributed by atoms with Gasteiger partial charge in [0, 0.05) is 18.8 Å². The molecule has 6 heteroatoms. The first-order chi connectivity index (χ1) is 12.1. The van der Waals surface area contributed by atoms with E-state index in [0.717, 1.165) is 11.3 Å². The zero-order chi connectivity index (χ0) is 17.8. The molecule has 0 atom stereocenters. The Morgan fingerprint density at radius 2 is 2.04 bits per heavy atom. The van der Waals surface area contributed by atoms with E-state index in [9.17, 15) is 4.79 Å². The quantitative estimate of drug-likeness (QED) is 0.559. The maximum absolute atomic E-state index is 12.3. The first-order valence-electron chi connectivity index (χ1n) is 8.04. The van der Waals surface area contributed by atoms with Crippen LogP contribution in [0, 0.1) is 6.92 Å². The third-order valence-corrected chi connectivity index (χ3v) is 4.10. The van der Waals surface area contributed by atoms with Gasteiger partial charge >= 0.3 is 0 Å². The van der Waals surface area contributed by atoms with Crippen LogP contribution in [0.3, 0.4) is 0 Å². The van der Waals surface area contributed by atoms with Gasteiger partial charge in [0.25, 0.3) is 5.91 Å². The maximum atomic E-state index is 12.3. The third-order valence-electron chi connectivity index (χ3n) is 3.82. The molecule has 1 amide bonds. The molecule has 1 aromatic carbocycles. The molecule has 0 unspecified atom stereocenters. The van der Waals surface area contributed by atoms with E-state index in [1.54, 1.807) is 11.1 Å². The second kappa shape index (κ2) is 7.40. The van der Waals surface area contributed by atoms with E-state index < -0.39 is 0 Å². The zero-order valence-electron chi connectivity index (χ0n) is 14.1. The van der Waals surface area contributed by atoms with Crippen LogP contribution in [0.1, 0.15) is 18.2 Å². The van der Waals surface area contributed by atoms with Crippen LogP contribution in [-0.4, -0.2) is 21.8 Å². The number of benzene rings is 1. The molecule has 0 aliphatic carbocycles. The van der Waals surface area contributed by atoms with Crippen molar-refractivity contribution in [2.75, 3.05) is 11.6 Å². The van der Waals surface area contributed by atoms with Crippen molar-refractivity contribution < 1.29 is 4.79 Å². The second-order valence-corrected chi connectivity index (χ2v) is 5.96. The van der Waals surface area contributed by atoms with Gasteiger partial charge < -0.3 is 0 Å². The van der Waals surface area contributed by atoms with Gasteiger partial charge in [-0.1, -0.05) is 35.4 Å². The number of aryl methyl sites for hydroxylation is 1. The molecule has 0 saturated carbocycles. The van der Waals surface area contributed by atoms with Crippen LogP contribution in [0.2, 0.25) is 5.15 Å². The van der Waals surface area contributed by atoms with Crippen LogP contribution >= 0.6 is 11.6 Å². The number of anilines is 1. The Balaban J connectivity index is 1.75. The number of nitrogens with one attached hydrogen (secondary N) is 1. The lowest BCUT2D eigenvalue weighted by atomic mass is 10.2. The summed E-state index contributed by atoms with van der Waals surface area (Å²) in [5.41, 5.74) is 6.38. The summed E-state index contributed by atoms with van der Waals surface area (Å²) in [6, 6.07) is 13.6. The summed E-state index contributed by atoms with van der Waals surface area (Å²) in [5.74, 6) is -0.232. The summed E-state index contributed by atoms with van der Waals surface area (Å²) in [5, 5.41) is 2.16. The predicted octanol–water partition coefficient (Wildman–Crippen LogP) is 3.87. The molecule has 0 saturated heterocycles. The Labute approximate surface area is 151 Å². The standard InChI is InChI=1S/C19H19ClN4O/c1-3-24(15-9-7-14(2)8-10-15)22-18(25)12-11-16-19(20)21-17-6-4-5-13-23(16)17/h4-13H,3H2,1-2H3,(H,22,25)/b12-11+. The van der Waals surface area contributed by atoms with Crippen LogP contribution in [-0.2, 0) is 4.79 Å². The molecule has 0 bridgehead atoms. The molecular formula is C19H19ClN4O. The van der Waals surface area contributed by atoms with Crippen molar-refractivity contribution in [3.63, 3.8) is 0 Å². The number of fused-ring (bicyclic) bond motifs is 1. The van der Waals surface area contributed by atoms with Crippen LogP contribution in [0.25, 0.3) is 11.7 Å². The maximum Gasteiger partial charge on any atom is 0.262 e. The molecule has 1 N–H and O–H groups in total. The first-order valence-corrected chi connectivity index (χ1v) is 8.41. The molecule has 25 heavy (non-hydrogen) atoms. The van der Waals surface area contributed by atoms with Gasteiger partial charge in [0.15, 0.2) is 5.15 Å². The number of halogens is 1. The summed E-state index contributed by atoms with van der Waals surface area (Å²) in [7, 11) is 0. The molecule has 3 aromatic rings. The summed E-state index contributed by atoms with van der Waals surface area (Å²) in [4.78, 5) is 16.5. The molecule has 2 aromatic heterocycles. The number of hydrogen-bond acceptors (Lipinski definition) is 3. The third kappa shape index (κ3) is 3.83. The van der Waals surface area contributed by atoms with Crippen LogP contribution < -0.4 is 10.4 Å². The smallest absolute Gasteiger partial charge is 0.262 e. The fourth-order valence-corrected chi connectivity index (χ4v) is 2.75. The van der Waals surface area contributed by atoms with E-state index in [0.29, 0.717) is 17.4 Å². The number of imidazole rings is 1. The molecule has 0 spiro atoms. The SMILES string of the molecule is CCN(NC(=O)/C=C/c1c(Cl)nc2ccccn12)c1ccc(C)cc1. The second-order valence-electron chi connectivity index (χ2n) is 5.61. The van der Waals surface area contributed by atoms with Crippen molar-refractivity contribution in [3.8, 4) is 0 Å². The van der Waals surface area contributed by atoms with Crippen molar-refractivity contribution in [1.82, 2.24) is 14.8 Å².